The van der Waals surface area contributed by atoms with Crippen molar-refractivity contribution in [2.24, 2.45) is 0 Å². The Morgan fingerprint density at radius 1 is 0.895 bits per heavy atom. The molecule has 0 aliphatic rings. The summed E-state index contributed by atoms with van der Waals surface area (Å²) < 4.78 is 1.98. The van der Waals surface area contributed by atoms with Gasteiger partial charge in [-0.2, -0.15) is 5.10 Å². The molecule has 0 bridgehead atoms. The summed E-state index contributed by atoms with van der Waals surface area (Å²) in [5, 5.41) is 4.69. The van der Waals surface area contributed by atoms with E-state index >= 15 is 0 Å². The molecule has 1 aromatic carbocycles. The number of pyridine rings is 1. The lowest BCUT2D eigenvalue weighted by Gasteiger charge is -2.13. The Bertz CT molecular complexity index is 703. The van der Waals surface area contributed by atoms with Crippen LogP contribution >= 0.6 is 0 Å². The van der Waals surface area contributed by atoms with Gasteiger partial charge in [0.15, 0.2) is 0 Å². The molecule has 0 fully saturated rings. The Kier molecular flexibility index (Phi) is 2.67. The highest BCUT2D eigenvalue weighted by atomic mass is 15.2. The van der Waals surface area contributed by atoms with Crippen molar-refractivity contribution >= 4 is 5.52 Å². The van der Waals surface area contributed by atoms with E-state index in [1.807, 2.05) is 10.6 Å². The average Bonchev–Trinajstić information content (AvgIpc) is 2.82. The summed E-state index contributed by atoms with van der Waals surface area (Å²) in [7, 11) is 0. The van der Waals surface area contributed by atoms with Crippen LogP contribution in [-0.2, 0) is 5.41 Å². The van der Waals surface area contributed by atoms with Crippen molar-refractivity contribution in [3.05, 3.63) is 60.4 Å². The smallest absolute Gasteiger partial charge is 0.0688 e. The summed E-state index contributed by atoms with van der Waals surface area (Å²) in [6.45, 7) is 6.56. The number of benzene rings is 1. The molecule has 2 aromatic heterocycles. The molecule has 3 rings (SSSR count). The second kappa shape index (κ2) is 4.23. The number of fused-ring (bicyclic) bond motifs is 1. The molecule has 0 unspecified atom stereocenters. The molecule has 0 saturated carbocycles. The maximum atomic E-state index is 4.69. The van der Waals surface area contributed by atoms with Gasteiger partial charge in [-0.25, -0.2) is 4.52 Å². The summed E-state index contributed by atoms with van der Waals surface area (Å²) in [6, 6.07) is 16.8. The standard InChI is InChI=1S/C17H18N2/c1-17(2,3)16-11-15-10-9-14(12-19(15)18-16)13-7-5-4-6-8-13/h4-12H,1-3H3. The van der Waals surface area contributed by atoms with Crippen molar-refractivity contribution in [1.29, 1.82) is 0 Å². The average molecular weight is 250 g/mol. The van der Waals surface area contributed by atoms with Crippen molar-refractivity contribution in [3.63, 3.8) is 0 Å². The largest absolute Gasteiger partial charge is 0.240 e. The van der Waals surface area contributed by atoms with Gasteiger partial charge < -0.3 is 0 Å². The quantitative estimate of drug-likeness (QED) is 0.629. The van der Waals surface area contributed by atoms with Gasteiger partial charge in [-0.05, 0) is 17.7 Å². The van der Waals surface area contributed by atoms with E-state index in [2.05, 4.69) is 74.5 Å². The molecule has 0 spiro atoms. The number of rotatable bonds is 1. The van der Waals surface area contributed by atoms with Gasteiger partial charge in [0.05, 0.1) is 11.2 Å². The Morgan fingerprint density at radius 3 is 2.32 bits per heavy atom. The van der Waals surface area contributed by atoms with Gasteiger partial charge in [-0.3, -0.25) is 0 Å². The molecular weight excluding hydrogens is 232 g/mol. The fourth-order valence-corrected chi connectivity index (χ4v) is 2.15. The third-order valence-electron chi connectivity index (χ3n) is 3.34. The van der Waals surface area contributed by atoms with E-state index in [1.54, 1.807) is 0 Å². The normalized spacial score (nSPS) is 11.9. The first-order chi connectivity index (χ1) is 9.04. The van der Waals surface area contributed by atoms with Gasteiger partial charge in [0.25, 0.3) is 0 Å². The van der Waals surface area contributed by atoms with Crippen LogP contribution in [0.2, 0.25) is 0 Å². The first kappa shape index (κ1) is 12.0. The molecule has 0 aliphatic heterocycles. The highest BCUT2D eigenvalue weighted by Crippen LogP contribution is 2.24. The summed E-state index contributed by atoms with van der Waals surface area (Å²) in [5.41, 5.74) is 4.76. The minimum atomic E-state index is 0.0823. The molecule has 2 heterocycles. The fourth-order valence-electron chi connectivity index (χ4n) is 2.15. The maximum Gasteiger partial charge on any atom is 0.0688 e. The number of hydrogen-bond donors (Lipinski definition) is 0. The third kappa shape index (κ3) is 2.26. The van der Waals surface area contributed by atoms with E-state index in [4.69, 9.17) is 0 Å². The molecule has 3 aromatic rings. The van der Waals surface area contributed by atoms with Crippen LogP contribution in [0, 0.1) is 0 Å². The fraction of sp³-hybridized carbons (Fsp3) is 0.235. The van der Waals surface area contributed by atoms with Gasteiger partial charge in [-0.1, -0.05) is 57.2 Å². The number of nitrogens with zero attached hydrogens (tertiary/aromatic N) is 2. The van der Waals surface area contributed by atoms with Crippen LogP contribution < -0.4 is 0 Å². The minimum Gasteiger partial charge on any atom is -0.240 e. The number of aromatic nitrogens is 2. The lowest BCUT2D eigenvalue weighted by Crippen LogP contribution is -2.11. The molecule has 2 heteroatoms. The zero-order valence-corrected chi connectivity index (χ0v) is 11.6. The second-order valence-corrected chi connectivity index (χ2v) is 5.93. The molecule has 0 atom stereocenters. The Balaban J connectivity index is 2.11. The summed E-state index contributed by atoms with van der Waals surface area (Å²) >= 11 is 0. The van der Waals surface area contributed by atoms with Gasteiger partial charge >= 0.3 is 0 Å². The predicted octanol–water partition coefficient (Wildman–Crippen LogP) is 4.30. The van der Waals surface area contributed by atoms with E-state index in [0.29, 0.717) is 0 Å². The summed E-state index contributed by atoms with van der Waals surface area (Å²) in [6.07, 6.45) is 2.10. The summed E-state index contributed by atoms with van der Waals surface area (Å²) in [4.78, 5) is 0. The maximum absolute atomic E-state index is 4.69. The Labute approximate surface area is 113 Å². The van der Waals surface area contributed by atoms with Crippen molar-refractivity contribution in [2.75, 3.05) is 0 Å². The van der Waals surface area contributed by atoms with E-state index in [1.165, 1.54) is 11.1 Å². The second-order valence-electron chi connectivity index (χ2n) is 5.93. The number of hydrogen-bond acceptors (Lipinski definition) is 1. The van der Waals surface area contributed by atoms with Crippen LogP contribution in [0.25, 0.3) is 16.6 Å². The monoisotopic (exact) mass is 250 g/mol. The highest BCUT2D eigenvalue weighted by molar-refractivity contribution is 5.65. The zero-order chi connectivity index (χ0) is 13.5. The van der Waals surface area contributed by atoms with E-state index in [0.717, 1.165) is 11.2 Å². The molecule has 0 saturated heterocycles. The van der Waals surface area contributed by atoms with E-state index in [9.17, 15) is 0 Å². The van der Waals surface area contributed by atoms with Crippen molar-refractivity contribution in [2.45, 2.75) is 26.2 Å². The topological polar surface area (TPSA) is 17.3 Å². The lowest BCUT2D eigenvalue weighted by molar-refractivity contribution is 0.563. The van der Waals surface area contributed by atoms with Crippen molar-refractivity contribution < 1.29 is 0 Å². The van der Waals surface area contributed by atoms with Crippen LogP contribution in [0.5, 0.6) is 0 Å². The van der Waals surface area contributed by atoms with Crippen LogP contribution in [-0.4, -0.2) is 9.61 Å². The summed E-state index contributed by atoms with van der Waals surface area (Å²) in [5.74, 6) is 0. The molecule has 0 aliphatic carbocycles. The molecule has 0 N–H and O–H groups in total. The van der Waals surface area contributed by atoms with Gasteiger partial charge in [0, 0.05) is 17.2 Å². The van der Waals surface area contributed by atoms with Crippen LogP contribution in [0.15, 0.2) is 54.7 Å². The van der Waals surface area contributed by atoms with Crippen LogP contribution in [0.4, 0.5) is 0 Å². The highest BCUT2D eigenvalue weighted by Gasteiger charge is 2.17. The van der Waals surface area contributed by atoms with Gasteiger partial charge in [0.1, 0.15) is 0 Å². The first-order valence-corrected chi connectivity index (χ1v) is 6.59. The van der Waals surface area contributed by atoms with E-state index < -0.39 is 0 Å². The molecular formula is C17H18N2. The Morgan fingerprint density at radius 2 is 1.63 bits per heavy atom. The predicted molar refractivity (Wildman–Crippen MR) is 79.3 cm³/mol. The Hall–Kier alpha value is -2.09. The first-order valence-electron chi connectivity index (χ1n) is 6.59. The zero-order valence-electron chi connectivity index (χ0n) is 11.6. The van der Waals surface area contributed by atoms with E-state index in [-0.39, 0.29) is 5.41 Å². The third-order valence-corrected chi connectivity index (χ3v) is 3.34. The van der Waals surface area contributed by atoms with Crippen molar-refractivity contribution in [3.8, 4) is 11.1 Å². The molecule has 0 amide bonds. The van der Waals surface area contributed by atoms with Gasteiger partial charge in [0.2, 0.25) is 0 Å². The van der Waals surface area contributed by atoms with Gasteiger partial charge in [-0.15, -0.1) is 0 Å². The van der Waals surface area contributed by atoms with Crippen LogP contribution in [0.1, 0.15) is 26.5 Å². The van der Waals surface area contributed by atoms with Crippen molar-refractivity contribution in [1.82, 2.24) is 9.61 Å². The molecule has 2 nitrogen and oxygen atoms in total. The SMILES string of the molecule is CC(C)(C)c1cc2ccc(-c3ccccc3)cn2n1. The molecule has 19 heavy (non-hydrogen) atoms. The van der Waals surface area contributed by atoms with Crippen LogP contribution in [0.3, 0.4) is 0 Å². The lowest BCUT2D eigenvalue weighted by atomic mass is 9.92. The minimum absolute atomic E-state index is 0.0823. The molecule has 96 valence electrons. The molecule has 0 radical (unpaired) electrons.